The van der Waals surface area contributed by atoms with E-state index in [0.29, 0.717) is 11.3 Å². The third kappa shape index (κ3) is 2.90. The Balaban J connectivity index is 1.60. The number of aromatic amines is 1. The zero-order valence-corrected chi connectivity index (χ0v) is 14.1. The average Bonchev–Trinajstić information content (AvgIpc) is 3.27. The number of nitrogens with zero attached hydrogens (tertiary/aromatic N) is 2. The minimum atomic E-state index is -0.203. The summed E-state index contributed by atoms with van der Waals surface area (Å²) in [6.07, 6.45) is 3.46. The van der Waals surface area contributed by atoms with Crippen LogP contribution < -0.4 is 10.6 Å². The Morgan fingerprint density at radius 1 is 1.15 bits per heavy atom. The quantitative estimate of drug-likeness (QED) is 0.530. The summed E-state index contributed by atoms with van der Waals surface area (Å²) in [5.41, 5.74) is 3.73. The van der Waals surface area contributed by atoms with Gasteiger partial charge in [-0.05, 0) is 41.8 Å². The van der Waals surface area contributed by atoms with Gasteiger partial charge in [-0.1, -0.05) is 6.07 Å². The molecule has 7 heteroatoms. The fourth-order valence-corrected chi connectivity index (χ4v) is 2.91. The van der Waals surface area contributed by atoms with Crippen LogP contribution in [0.1, 0.15) is 10.4 Å². The Kier molecular flexibility index (Phi) is 3.89. The molecule has 0 aliphatic heterocycles. The molecule has 7 nitrogen and oxygen atoms in total. The first-order valence-electron chi connectivity index (χ1n) is 8.18. The number of carbonyl (C=O) groups is 2. The van der Waals surface area contributed by atoms with Crippen LogP contribution in [0.3, 0.4) is 0 Å². The molecule has 0 spiro atoms. The number of imidazole rings is 1. The van der Waals surface area contributed by atoms with Gasteiger partial charge in [0.15, 0.2) is 0 Å². The lowest BCUT2D eigenvalue weighted by atomic mass is 10.1. The molecule has 0 bridgehead atoms. The van der Waals surface area contributed by atoms with Gasteiger partial charge in [-0.2, -0.15) is 0 Å². The molecule has 2 aromatic carbocycles. The van der Waals surface area contributed by atoms with Gasteiger partial charge in [0.25, 0.3) is 5.91 Å². The van der Waals surface area contributed by atoms with E-state index in [2.05, 4.69) is 20.6 Å². The number of fused-ring (bicyclic) bond motifs is 2. The van der Waals surface area contributed by atoms with E-state index in [-0.39, 0.29) is 18.4 Å². The van der Waals surface area contributed by atoms with E-state index in [9.17, 15) is 9.59 Å². The predicted molar refractivity (Wildman–Crippen MR) is 100 cm³/mol. The van der Waals surface area contributed by atoms with Crippen molar-refractivity contribution in [3.63, 3.8) is 0 Å². The Bertz CT molecular complexity index is 1130. The molecule has 130 valence electrons. The number of amides is 2. The van der Waals surface area contributed by atoms with E-state index in [0.717, 1.165) is 21.9 Å². The largest absolute Gasteiger partial charge is 0.358 e. The Morgan fingerprint density at radius 2 is 2.04 bits per heavy atom. The Labute approximate surface area is 149 Å². The van der Waals surface area contributed by atoms with E-state index in [1.807, 2.05) is 35.0 Å². The molecule has 0 atom stereocenters. The third-order valence-electron chi connectivity index (χ3n) is 4.31. The lowest BCUT2D eigenvalue weighted by Crippen LogP contribution is -2.23. The molecule has 0 unspecified atom stereocenters. The van der Waals surface area contributed by atoms with Crippen LogP contribution in [0.4, 0.5) is 5.69 Å². The van der Waals surface area contributed by atoms with Crippen LogP contribution >= 0.6 is 0 Å². The summed E-state index contributed by atoms with van der Waals surface area (Å²) >= 11 is 0. The maximum atomic E-state index is 12.5. The van der Waals surface area contributed by atoms with Crippen LogP contribution in [-0.2, 0) is 11.3 Å². The summed E-state index contributed by atoms with van der Waals surface area (Å²) in [6.45, 7) is 0.230. The summed E-state index contributed by atoms with van der Waals surface area (Å²) in [5.74, 6) is -0.282. The average molecular weight is 347 g/mol. The fraction of sp³-hybridized carbons (Fsp3) is 0.105. The smallest absolute Gasteiger partial charge is 0.255 e. The van der Waals surface area contributed by atoms with Gasteiger partial charge >= 0.3 is 0 Å². The summed E-state index contributed by atoms with van der Waals surface area (Å²) in [5, 5.41) is 6.52. The van der Waals surface area contributed by atoms with E-state index in [1.54, 1.807) is 31.6 Å². The van der Waals surface area contributed by atoms with Gasteiger partial charge in [0.05, 0.1) is 22.9 Å². The van der Waals surface area contributed by atoms with Gasteiger partial charge in [0, 0.05) is 24.5 Å². The maximum Gasteiger partial charge on any atom is 0.255 e. The van der Waals surface area contributed by atoms with Gasteiger partial charge in [0.2, 0.25) is 5.91 Å². The second-order valence-corrected chi connectivity index (χ2v) is 5.98. The highest BCUT2D eigenvalue weighted by Crippen LogP contribution is 2.21. The molecule has 2 heterocycles. The minimum absolute atomic E-state index is 0.0789. The fourth-order valence-electron chi connectivity index (χ4n) is 2.91. The first kappa shape index (κ1) is 15.9. The van der Waals surface area contributed by atoms with Crippen molar-refractivity contribution in [1.82, 2.24) is 19.9 Å². The number of anilines is 1. The standard InChI is InChI=1S/C19H17N5O2/c1-20-18(25)10-24-7-6-12-2-4-14(9-17(12)24)23-19(26)13-3-5-15-16(8-13)22-11-21-15/h2-9,11H,10H2,1H3,(H,20,25)(H,21,22)(H,23,26). The molecule has 4 aromatic rings. The molecule has 3 N–H and O–H groups in total. The molecule has 0 fully saturated rings. The highest BCUT2D eigenvalue weighted by molar-refractivity contribution is 6.06. The zero-order valence-electron chi connectivity index (χ0n) is 14.1. The normalized spacial score (nSPS) is 11.0. The molecular weight excluding hydrogens is 330 g/mol. The van der Waals surface area contributed by atoms with Gasteiger partial charge in [-0.3, -0.25) is 9.59 Å². The monoisotopic (exact) mass is 347 g/mol. The van der Waals surface area contributed by atoms with E-state index in [1.165, 1.54) is 0 Å². The second-order valence-electron chi connectivity index (χ2n) is 5.98. The van der Waals surface area contributed by atoms with Crippen molar-refractivity contribution in [1.29, 1.82) is 0 Å². The van der Waals surface area contributed by atoms with Crippen LogP contribution in [0.15, 0.2) is 55.0 Å². The highest BCUT2D eigenvalue weighted by atomic mass is 16.2. The molecule has 4 rings (SSSR count). The number of benzene rings is 2. The van der Waals surface area contributed by atoms with E-state index < -0.39 is 0 Å². The second kappa shape index (κ2) is 6.36. The van der Waals surface area contributed by atoms with Crippen molar-refractivity contribution in [2.45, 2.75) is 6.54 Å². The number of aromatic nitrogens is 3. The number of nitrogens with one attached hydrogen (secondary N) is 3. The minimum Gasteiger partial charge on any atom is -0.358 e. The van der Waals surface area contributed by atoms with Gasteiger partial charge in [-0.25, -0.2) is 4.98 Å². The molecule has 26 heavy (non-hydrogen) atoms. The van der Waals surface area contributed by atoms with Crippen LogP contribution in [-0.4, -0.2) is 33.4 Å². The first-order valence-corrected chi connectivity index (χ1v) is 8.18. The van der Waals surface area contributed by atoms with Crippen LogP contribution in [0.2, 0.25) is 0 Å². The third-order valence-corrected chi connectivity index (χ3v) is 4.31. The molecule has 0 aliphatic rings. The number of carbonyl (C=O) groups excluding carboxylic acids is 2. The molecule has 0 saturated carbocycles. The first-order chi connectivity index (χ1) is 12.6. The molecule has 2 aromatic heterocycles. The zero-order chi connectivity index (χ0) is 18.1. The summed E-state index contributed by atoms with van der Waals surface area (Å²) in [6, 6.07) is 12.9. The molecule has 0 saturated heterocycles. The molecular formula is C19H17N5O2. The molecule has 2 amide bonds. The Morgan fingerprint density at radius 3 is 2.88 bits per heavy atom. The van der Waals surface area contributed by atoms with Crippen LogP contribution in [0.25, 0.3) is 21.9 Å². The van der Waals surface area contributed by atoms with E-state index >= 15 is 0 Å². The SMILES string of the molecule is CNC(=O)Cn1ccc2ccc(NC(=O)c3ccc4nc[nH]c4c3)cc21. The number of hydrogen-bond donors (Lipinski definition) is 3. The van der Waals surface area contributed by atoms with Crippen molar-refractivity contribution in [2.24, 2.45) is 0 Å². The van der Waals surface area contributed by atoms with Gasteiger partial charge < -0.3 is 20.2 Å². The molecule has 0 aliphatic carbocycles. The Hall–Kier alpha value is -3.61. The number of H-pyrrole nitrogens is 1. The van der Waals surface area contributed by atoms with Crippen molar-refractivity contribution < 1.29 is 9.59 Å². The van der Waals surface area contributed by atoms with Crippen molar-refractivity contribution in [3.05, 3.63) is 60.6 Å². The summed E-state index contributed by atoms with van der Waals surface area (Å²) in [7, 11) is 1.61. The summed E-state index contributed by atoms with van der Waals surface area (Å²) in [4.78, 5) is 31.3. The topological polar surface area (TPSA) is 91.8 Å². The number of rotatable bonds is 4. The number of likely N-dealkylation sites (N-methyl/N-ethyl adjacent to an activating group) is 1. The van der Waals surface area contributed by atoms with Gasteiger partial charge in [0.1, 0.15) is 6.54 Å². The van der Waals surface area contributed by atoms with Crippen molar-refractivity contribution in [3.8, 4) is 0 Å². The number of hydrogen-bond acceptors (Lipinski definition) is 3. The highest BCUT2D eigenvalue weighted by Gasteiger charge is 2.10. The van der Waals surface area contributed by atoms with Crippen molar-refractivity contribution >= 4 is 39.4 Å². The van der Waals surface area contributed by atoms with Crippen molar-refractivity contribution in [2.75, 3.05) is 12.4 Å². The lowest BCUT2D eigenvalue weighted by molar-refractivity contribution is -0.121. The van der Waals surface area contributed by atoms with Gasteiger partial charge in [-0.15, -0.1) is 0 Å². The van der Waals surface area contributed by atoms with Crippen LogP contribution in [0.5, 0.6) is 0 Å². The summed E-state index contributed by atoms with van der Waals surface area (Å²) < 4.78 is 1.85. The van der Waals surface area contributed by atoms with Crippen LogP contribution in [0, 0.1) is 0 Å². The van der Waals surface area contributed by atoms with E-state index in [4.69, 9.17) is 0 Å². The maximum absolute atomic E-state index is 12.5. The lowest BCUT2D eigenvalue weighted by Gasteiger charge is -2.08. The predicted octanol–water partition coefficient (Wildman–Crippen LogP) is 2.52. The molecule has 0 radical (unpaired) electrons.